The zero-order chi connectivity index (χ0) is 44.1. The second kappa shape index (κ2) is 17.5. The van der Waals surface area contributed by atoms with Gasteiger partial charge in [0.05, 0.1) is 41.9 Å². The maximum absolute atomic E-state index is 15.6. The molecule has 4 aromatic rings. The number of carbonyl (C=O) groups excluding carboxylic acids is 4. The number of likely N-dealkylation sites (N-methyl/N-ethyl adjacent to an activating group) is 1. The number of hydrogen-bond acceptors (Lipinski definition) is 6. The van der Waals surface area contributed by atoms with E-state index in [1.54, 1.807) is 37.9 Å². The standard InChI is InChI=1S/C46H59F4N7O4/c1-8-24(2)43(59)54-40(26-9-10-26)45(61)56-22-30(50)16-32(56)23-57-38-14-12-28(48)18-37(38)53-42(57)41-34(33-13-11-27(47)17-36(33)52-41)19-31-15-29(49)21-55(31)44(60)35(46(4,5)6)20-39(58)25(3)51-7/h11-14,17-18,24-26,29-32,35,40,51-52H,8-10,15-16,19-23H2,1-7H3,(H,54,59)/t24-,25+,29+,30+,31+,32+,35-,40+/m1/s1. The van der Waals surface area contributed by atoms with Gasteiger partial charge in [-0.3, -0.25) is 19.2 Å². The van der Waals surface area contributed by atoms with Crippen molar-refractivity contribution >= 4 is 45.4 Å². The normalized spacial score (nSPS) is 22.8. The number of aromatic nitrogens is 3. The molecule has 2 aliphatic heterocycles. The summed E-state index contributed by atoms with van der Waals surface area (Å²) < 4.78 is 62.6. The van der Waals surface area contributed by atoms with Gasteiger partial charge >= 0.3 is 0 Å². The minimum absolute atomic E-state index is 0.0191. The molecule has 0 bridgehead atoms. The van der Waals surface area contributed by atoms with E-state index >= 15 is 8.78 Å². The summed E-state index contributed by atoms with van der Waals surface area (Å²) >= 11 is 0. The maximum Gasteiger partial charge on any atom is 0.245 e. The van der Waals surface area contributed by atoms with Crippen molar-refractivity contribution in [1.82, 2.24) is 35.0 Å². The summed E-state index contributed by atoms with van der Waals surface area (Å²) in [5, 5.41) is 6.52. The van der Waals surface area contributed by atoms with Crippen LogP contribution in [0.25, 0.3) is 33.5 Å². The molecule has 3 N–H and O–H groups in total. The topological polar surface area (TPSA) is 132 Å². The number of benzene rings is 2. The van der Waals surface area contributed by atoms with Crippen LogP contribution >= 0.6 is 0 Å². The van der Waals surface area contributed by atoms with E-state index in [0.29, 0.717) is 45.4 Å². The highest BCUT2D eigenvalue weighted by Gasteiger charge is 2.46. The van der Waals surface area contributed by atoms with E-state index < -0.39 is 59.5 Å². The van der Waals surface area contributed by atoms with Gasteiger partial charge in [-0.05, 0) is 86.9 Å². The fraction of sp³-hybridized carbons (Fsp3) is 0.587. The molecular formula is C46H59F4N7O4. The van der Waals surface area contributed by atoms with Crippen LogP contribution in [0.4, 0.5) is 17.6 Å². The molecule has 3 fully saturated rings. The number of fused-ring (bicyclic) bond motifs is 2. The van der Waals surface area contributed by atoms with Crippen LogP contribution in [-0.2, 0) is 32.1 Å². The maximum atomic E-state index is 15.6. The van der Waals surface area contributed by atoms with Gasteiger partial charge in [0.1, 0.15) is 35.8 Å². The lowest BCUT2D eigenvalue weighted by Crippen LogP contribution is -2.52. The summed E-state index contributed by atoms with van der Waals surface area (Å²) in [5.41, 5.74) is 1.68. The summed E-state index contributed by atoms with van der Waals surface area (Å²) in [5.74, 6) is -2.78. The Morgan fingerprint density at radius 2 is 1.56 bits per heavy atom. The largest absolute Gasteiger partial charge is 0.352 e. The molecule has 1 aliphatic carbocycles. The van der Waals surface area contributed by atoms with Crippen LogP contribution < -0.4 is 10.6 Å². The molecule has 8 atom stereocenters. The number of nitrogens with zero attached hydrogens (tertiary/aromatic N) is 4. The first-order valence-corrected chi connectivity index (χ1v) is 21.7. The van der Waals surface area contributed by atoms with Crippen molar-refractivity contribution in [3.8, 4) is 11.5 Å². The number of likely N-dealkylation sites (tertiary alicyclic amines) is 2. The van der Waals surface area contributed by atoms with Gasteiger partial charge < -0.3 is 30.0 Å². The molecule has 330 valence electrons. The van der Waals surface area contributed by atoms with Crippen LogP contribution in [0.2, 0.25) is 0 Å². The SMILES string of the molecule is CC[C@@H](C)C(=O)N[C@H](C(=O)N1C[C@@H](F)C[C@H]1Cn1c(-c2[nH]c3cc(F)ccc3c2C[C@@H]2C[C@H](F)CN2C(=O)[C@@H](CC(=O)[C@H](C)NC)C(C)(C)C)nc2cc(F)ccc21)C1CC1. The number of nitrogens with one attached hydrogen (secondary N) is 3. The quantitative estimate of drug-likeness (QED) is 0.110. The second-order valence-corrected chi connectivity index (χ2v) is 18.7. The first-order chi connectivity index (χ1) is 28.9. The fourth-order valence-electron chi connectivity index (χ4n) is 9.15. The van der Waals surface area contributed by atoms with Crippen molar-refractivity contribution in [2.24, 2.45) is 23.2 Å². The van der Waals surface area contributed by atoms with Crippen LogP contribution in [0.1, 0.15) is 85.6 Å². The Balaban J connectivity index is 1.28. The number of rotatable bonds is 15. The van der Waals surface area contributed by atoms with Crippen LogP contribution in [-0.4, -0.2) is 104 Å². The molecule has 15 heteroatoms. The van der Waals surface area contributed by atoms with Crippen molar-refractivity contribution in [2.45, 2.75) is 130 Å². The minimum atomic E-state index is -1.32. The van der Waals surface area contributed by atoms with Gasteiger partial charge in [-0.1, -0.05) is 34.6 Å². The number of ketones is 1. The predicted octanol–water partition coefficient (Wildman–Crippen LogP) is 7.05. The highest BCUT2D eigenvalue weighted by molar-refractivity contribution is 5.93. The number of Topliss-reactive ketones (excluding diaryl/α,β-unsaturated/α-hetero) is 1. The van der Waals surface area contributed by atoms with E-state index in [1.807, 2.05) is 32.3 Å². The molecule has 2 saturated heterocycles. The van der Waals surface area contributed by atoms with Crippen LogP contribution in [0.15, 0.2) is 36.4 Å². The number of hydrogen-bond donors (Lipinski definition) is 3. The monoisotopic (exact) mass is 849 g/mol. The zero-order valence-electron chi connectivity index (χ0n) is 36.2. The van der Waals surface area contributed by atoms with Gasteiger partial charge in [-0.25, -0.2) is 22.5 Å². The molecule has 2 aromatic carbocycles. The van der Waals surface area contributed by atoms with E-state index in [0.717, 1.165) is 12.8 Å². The second-order valence-electron chi connectivity index (χ2n) is 18.7. The van der Waals surface area contributed by atoms with Crippen LogP contribution in [0.3, 0.4) is 0 Å². The summed E-state index contributed by atoms with van der Waals surface area (Å²) in [6.45, 7) is 10.9. The number of halogens is 4. The Morgan fingerprint density at radius 3 is 2.20 bits per heavy atom. The lowest BCUT2D eigenvalue weighted by atomic mass is 9.76. The molecule has 7 rings (SSSR count). The molecule has 3 aliphatic rings. The molecule has 61 heavy (non-hydrogen) atoms. The predicted molar refractivity (Wildman–Crippen MR) is 226 cm³/mol. The van der Waals surface area contributed by atoms with Crippen molar-refractivity contribution < 1.29 is 36.7 Å². The average molecular weight is 850 g/mol. The van der Waals surface area contributed by atoms with Crippen LogP contribution in [0, 0.1) is 34.8 Å². The van der Waals surface area contributed by atoms with Crippen molar-refractivity contribution in [2.75, 3.05) is 20.1 Å². The molecule has 3 amide bonds. The average Bonchev–Trinajstić information content (AvgIpc) is 3.57. The highest BCUT2D eigenvalue weighted by Crippen LogP contribution is 2.40. The Kier molecular flexibility index (Phi) is 12.7. The van der Waals surface area contributed by atoms with Gasteiger partial charge in [0, 0.05) is 60.7 Å². The lowest BCUT2D eigenvalue weighted by Gasteiger charge is -2.35. The number of imidazole rings is 1. The minimum Gasteiger partial charge on any atom is -0.352 e. The third kappa shape index (κ3) is 9.22. The van der Waals surface area contributed by atoms with E-state index in [1.165, 1.54) is 29.2 Å². The first kappa shape index (κ1) is 44.3. The molecule has 0 spiro atoms. The van der Waals surface area contributed by atoms with Crippen LogP contribution in [0.5, 0.6) is 0 Å². The van der Waals surface area contributed by atoms with E-state index in [4.69, 9.17) is 4.98 Å². The zero-order valence-corrected chi connectivity index (χ0v) is 36.2. The number of alkyl halides is 2. The van der Waals surface area contributed by atoms with Gasteiger partial charge in [0.2, 0.25) is 17.7 Å². The van der Waals surface area contributed by atoms with Gasteiger partial charge in [-0.15, -0.1) is 0 Å². The molecule has 11 nitrogen and oxygen atoms in total. The van der Waals surface area contributed by atoms with E-state index in [9.17, 15) is 28.0 Å². The van der Waals surface area contributed by atoms with Crippen molar-refractivity contribution in [1.29, 1.82) is 0 Å². The molecule has 4 heterocycles. The Hall–Kier alpha value is -4.79. The smallest absolute Gasteiger partial charge is 0.245 e. The number of H-pyrrole nitrogens is 1. The molecule has 2 aromatic heterocycles. The molecular weight excluding hydrogens is 791 g/mol. The highest BCUT2D eigenvalue weighted by atomic mass is 19.1. The fourth-order valence-corrected chi connectivity index (χ4v) is 9.15. The number of aromatic amines is 1. The third-order valence-corrected chi connectivity index (χ3v) is 13.3. The first-order valence-electron chi connectivity index (χ1n) is 21.7. The Bertz CT molecular complexity index is 2300. The van der Waals surface area contributed by atoms with Crippen molar-refractivity contribution in [3.63, 3.8) is 0 Å². The number of amides is 3. The van der Waals surface area contributed by atoms with Crippen molar-refractivity contribution in [3.05, 3.63) is 53.6 Å². The summed E-state index contributed by atoms with van der Waals surface area (Å²) in [7, 11) is 1.68. The Morgan fingerprint density at radius 1 is 0.918 bits per heavy atom. The molecule has 1 saturated carbocycles. The third-order valence-electron chi connectivity index (χ3n) is 13.3. The van der Waals surface area contributed by atoms with Gasteiger partial charge in [0.15, 0.2) is 5.82 Å². The van der Waals surface area contributed by atoms with Gasteiger partial charge in [-0.2, -0.15) is 0 Å². The van der Waals surface area contributed by atoms with E-state index in [2.05, 4.69) is 15.6 Å². The molecule has 0 radical (unpaired) electrons. The number of carbonyl (C=O) groups is 4. The molecule has 0 unspecified atom stereocenters. The summed E-state index contributed by atoms with van der Waals surface area (Å²) in [6.07, 6.45) is -0.315. The lowest BCUT2D eigenvalue weighted by molar-refractivity contribution is -0.143. The van der Waals surface area contributed by atoms with E-state index in [-0.39, 0.29) is 80.7 Å². The summed E-state index contributed by atoms with van der Waals surface area (Å²) in [4.78, 5) is 66.3. The van der Waals surface area contributed by atoms with Gasteiger partial charge in [0.25, 0.3) is 0 Å². The Labute approximate surface area is 354 Å². The summed E-state index contributed by atoms with van der Waals surface area (Å²) in [6, 6.07) is 5.89.